The summed E-state index contributed by atoms with van der Waals surface area (Å²) in [4.78, 5) is 6.25. The van der Waals surface area contributed by atoms with Gasteiger partial charge >= 0.3 is 0 Å². The number of aliphatic hydroxyl groups is 1. The molecule has 0 aliphatic carbocycles. The maximum Gasteiger partial charge on any atom is 0.133 e. The van der Waals surface area contributed by atoms with Gasteiger partial charge in [0.15, 0.2) is 0 Å². The van der Waals surface area contributed by atoms with Crippen molar-refractivity contribution in [1.29, 1.82) is 0 Å². The third-order valence-corrected chi connectivity index (χ3v) is 2.57. The Balaban J connectivity index is 3.02. The van der Waals surface area contributed by atoms with Gasteiger partial charge in [-0.15, -0.1) is 0 Å². The first-order valence-corrected chi connectivity index (χ1v) is 5.12. The van der Waals surface area contributed by atoms with Crippen molar-refractivity contribution in [2.45, 2.75) is 25.9 Å². The molecule has 1 aromatic heterocycles. The largest absolute Gasteiger partial charge is 0.394 e. The van der Waals surface area contributed by atoms with E-state index in [1.807, 2.05) is 37.9 Å². The summed E-state index contributed by atoms with van der Waals surface area (Å²) < 4.78 is 0. The molecule has 0 bridgehead atoms. The zero-order valence-corrected chi connectivity index (χ0v) is 9.51. The van der Waals surface area contributed by atoms with E-state index in [0.717, 1.165) is 11.4 Å². The van der Waals surface area contributed by atoms with E-state index in [1.54, 1.807) is 6.20 Å². The molecule has 0 amide bonds. The summed E-state index contributed by atoms with van der Waals surface area (Å²) in [6, 6.07) is 3.83. The van der Waals surface area contributed by atoms with Gasteiger partial charge in [-0.1, -0.05) is 6.07 Å². The van der Waals surface area contributed by atoms with Gasteiger partial charge in [0.2, 0.25) is 0 Å². The first-order chi connectivity index (χ1) is 7.07. The third-order valence-electron chi connectivity index (χ3n) is 2.57. The van der Waals surface area contributed by atoms with E-state index in [4.69, 9.17) is 10.8 Å². The first kappa shape index (κ1) is 11.9. The standard InChI is InChI=1S/C11H19N3O/c1-8(7-15)14(3)11-10(9(2)12)5-4-6-13-11/h4-6,8-9,15H,7,12H2,1-3H3/t8?,9-/m0/s1. The van der Waals surface area contributed by atoms with E-state index in [0.29, 0.717) is 0 Å². The lowest BCUT2D eigenvalue weighted by atomic mass is 10.1. The van der Waals surface area contributed by atoms with Gasteiger partial charge < -0.3 is 15.7 Å². The number of nitrogens with two attached hydrogens (primary N) is 1. The SMILES string of the molecule is CC(CO)N(C)c1ncccc1[C@H](C)N. The molecule has 1 heterocycles. The summed E-state index contributed by atoms with van der Waals surface area (Å²) in [7, 11) is 1.91. The van der Waals surface area contributed by atoms with Crippen LogP contribution in [0.1, 0.15) is 25.5 Å². The molecule has 1 aromatic rings. The van der Waals surface area contributed by atoms with Crippen LogP contribution in [0.2, 0.25) is 0 Å². The second-order valence-electron chi connectivity index (χ2n) is 3.85. The number of pyridine rings is 1. The second kappa shape index (κ2) is 5.09. The highest BCUT2D eigenvalue weighted by molar-refractivity contribution is 5.48. The molecule has 2 atom stereocenters. The molecule has 3 N–H and O–H groups in total. The van der Waals surface area contributed by atoms with Crippen molar-refractivity contribution in [3.63, 3.8) is 0 Å². The fourth-order valence-corrected chi connectivity index (χ4v) is 1.39. The van der Waals surface area contributed by atoms with Crippen LogP contribution in [0, 0.1) is 0 Å². The van der Waals surface area contributed by atoms with Gasteiger partial charge in [-0.2, -0.15) is 0 Å². The Kier molecular flexibility index (Phi) is 4.05. The number of nitrogens with zero attached hydrogens (tertiary/aromatic N) is 2. The minimum atomic E-state index is -0.0537. The van der Waals surface area contributed by atoms with Crippen LogP contribution in [-0.4, -0.2) is 29.8 Å². The summed E-state index contributed by atoms with van der Waals surface area (Å²) >= 11 is 0. The second-order valence-corrected chi connectivity index (χ2v) is 3.85. The summed E-state index contributed by atoms with van der Waals surface area (Å²) in [5.41, 5.74) is 6.87. The number of anilines is 1. The predicted molar refractivity (Wildman–Crippen MR) is 61.8 cm³/mol. The lowest BCUT2D eigenvalue weighted by molar-refractivity contribution is 0.269. The lowest BCUT2D eigenvalue weighted by Gasteiger charge is -2.27. The van der Waals surface area contributed by atoms with Crippen LogP contribution in [0.3, 0.4) is 0 Å². The Morgan fingerprint density at radius 1 is 1.53 bits per heavy atom. The Labute approximate surface area is 90.7 Å². The minimum absolute atomic E-state index is 0.0393. The van der Waals surface area contributed by atoms with Gasteiger partial charge in [0.25, 0.3) is 0 Å². The topological polar surface area (TPSA) is 62.4 Å². The van der Waals surface area contributed by atoms with Gasteiger partial charge in [0.05, 0.1) is 12.6 Å². The zero-order chi connectivity index (χ0) is 11.4. The third kappa shape index (κ3) is 2.67. The highest BCUT2D eigenvalue weighted by Gasteiger charge is 2.15. The number of hydrogen-bond acceptors (Lipinski definition) is 4. The Hall–Kier alpha value is -1.13. The molecule has 84 valence electrons. The lowest BCUT2D eigenvalue weighted by Crippen LogP contribution is -2.33. The number of rotatable bonds is 4. The molecule has 0 spiro atoms. The van der Waals surface area contributed by atoms with Crippen molar-refractivity contribution in [2.75, 3.05) is 18.6 Å². The molecule has 0 radical (unpaired) electrons. The normalized spacial score (nSPS) is 14.7. The van der Waals surface area contributed by atoms with Crippen molar-refractivity contribution in [3.05, 3.63) is 23.9 Å². The van der Waals surface area contributed by atoms with Crippen LogP contribution in [0.15, 0.2) is 18.3 Å². The van der Waals surface area contributed by atoms with Crippen LogP contribution in [0.25, 0.3) is 0 Å². The van der Waals surface area contributed by atoms with E-state index in [-0.39, 0.29) is 18.7 Å². The number of likely N-dealkylation sites (N-methyl/N-ethyl adjacent to an activating group) is 1. The Bertz CT molecular complexity index is 314. The monoisotopic (exact) mass is 209 g/mol. The maximum absolute atomic E-state index is 9.10. The molecule has 0 saturated carbocycles. The molecule has 1 rings (SSSR count). The first-order valence-electron chi connectivity index (χ1n) is 5.12. The molecule has 4 heteroatoms. The average molecular weight is 209 g/mol. The smallest absolute Gasteiger partial charge is 0.133 e. The summed E-state index contributed by atoms with van der Waals surface area (Å²) in [6.45, 7) is 3.98. The molecule has 1 unspecified atom stereocenters. The predicted octanol–water partition coefficient (Wildman–Crippen LogP) is 0.918. The van der Waals surface area contributed by atoms with Gasteiger partial charge in [-0.3, -0.25) is 0 Å². The van der Waals surface area contributed by atoms with E-state index < -0.39 is 0 Å². The molecule has 0 fully saturated rings. The van der Waals surface area contributed by atoms with E-state index in [2.05, 4.69) is 4.98 Å². The van der Waals surface area contributed by atoms with Crippen molar-refractivity contribution in [1.82, 2.24) is 4.98 Å². The van der Waals surface area contributed by atoms with Crippen LogP contribution in [0.5, 0.6) is 0 Å². The van der Waals surface area contributed by atoms with Crippen LogP contribution in [-0.2, 0) is 0 Å². The van der Waals surface area contributed by atoms with Crippen LogP contribution >= 0.6 is 0 Å². The summed E-state index contributed by atoms with van der Waals surface area (Å²) in [6.07, 6.45) is 1.74. The minimum Gasteiger partial charge on any atom is -0.394 e. The van der Waals surface area contributed by atoms with E-state index in [9.17, 15) is 0 Å². The highest BCUT2D eigenvalue weighted by Crippen LogP contribution is 2.22. The van der Waals surface area contributed by atoms with Crippen LogP contribution in [0.4, 0.5) is 5.82 Å². The van der Waals surface area contributed by atoms with Gasteiger partial charge in [0.1, 0.15) is 5.82 Å². The number of hydrogen-bond donors (Lipinski definition) is 2. The van der Waals surface area contributed by atoms with E-state index in [1.165, 1.54) is 0 Å². The average Bonchev–Trinajstić information content (AvgIpc) is 2.27. The van der Waals surface area contributed by atoms with Gasteiger partial charge in [-0.05, 0) is 19.9 Å². The van der Waals surface area contributed by atoms with E-state index >= 15 is 0 Å². The van der Waals surface area contributed by atoms with Crippen molar-refractivity contribution < 1.29 is 5.11 Å². The molecular weight excluding hydrogens is 190 g/mol. The zero-order valence-electron chi connectivity index (χ0n) is 9.51. The van der Waals surface area contributed by atoms with Gasteiger partial charge in [0, 0.05) is 24.8 Å². The number of aliphatic hydroxyl groups excluding tert-OH is 1. The molecule has 15 heavy (non-hydrogen) atoms. The molecular formula is C11H19N3O. The Morgan fingerprint density at radius 3 is 2.73 bits per heavy atom. The molecule has 0 aliphatic heterocycles. The fraction of sp³-hybridized carbons (Fsp3) is 0.545. The van der Waals surface area contributed by atoms with Crippen molar-refractivity contribution in [3.8, 4) is 0 Å². The molecule has 4 nitrogen and oxygen atoms in total. The molecule has 0 aromatic carbocycles. The molecule has 0 aliphatic rings. The quantitative estimate of drug-likeness (QED) is 0.774. The summed E-state index contributed by atoms with van der Waals surface area (Å²) in [5.74, 6) is 0.842. The summed E-state index contributed by atoms with van der Waals surface area (Å²) in [5, 5.41) is 9.10. The molecule has 0 saturated heterocycles. The van der Waals surface area contributed by atoms with Crippen molar-refractivity contribution >= 4 is 5.82 Å². The van der Waals surface area contributed by atoms with Crippen LogP contribution < -0.4 is 10.6 Å². The van der Waals surface area contributed by atoms with Crippen molar-refractivity contribution in [2.24, 2.45) is 5.73 Å². The van der Waals surface area contributed by atoms with Gasteiger partial charge in [-0.25, -0.2) is 4.98 Å². The Morgan fingerprint density at radius 2 is 2.20 bits per heavy atom. The fourth-order valence-electron chi connectivity index (χ4n) is 1.39. The highest BCUT2D eigenvalue weighted by atomic mass is 16.3. The maximum atomic E-state index is 9.10. The number of aromatic nitrogens is 1.